The molecule has 0 saturated carbocycles. The van der Waals surface area contributed by atoms with Gasteiger partial charge in [0.25, 0.3) is 5.91 Å². The number of piperidine rings is 1. The third-order valence-electron chi connectivity index (χ3n) is 5.71. The van der Waals surface area contributed by atoms with E-state index in [1.165, 1.54) is 33.9 Å². The molecule has 0 atom stereocenters. The number of carboxylic acids is 1. The zero-order valence-electron chi connectivity index (χ0n) is 16.8. The molecule has 2 aromatic heterocycles. The number of nitrogens with one attached hydrogen (secondary N) is 1. The number of nitrogens with zero attached hydrogens (tertiary/aromatic N) is 2. The minimum absolute atomic E-state index is 0.152. The molecule has 1 saturated heterocycles. The summed E-state index contributed by atoms with van der Waals surface area (Å²) in [6, 6.07) is 5.95. The third kappa shape index (κ3) is 3.91. The predicted molar refractivity (Wildman–Crippen MR) is 111 cm³/mol. The van der Waals surface area contributed by atoms with Crippen LogP contribution in [-0.4, -0.2) is 44.5 Å². The summed E-state index contributed by atoms with van der Waals surface area (Å²) in [5.74, 6) is -3.70. The van der Waals surface area contributed by atoms with Gasteiger partial charge in [0, 0.05) is 30.9 Å². The van der Waals surface area contributed by atoms with Crippen molar-refractivity contribution in [3.8, 4) is 0 Å². The third-order valence-corrected chi connectivity index (χ3v) is 5.71. The summed E-state index contributed by atoms with van der Waals surface area (Å²) in [6.45, 7) is -0.0102. The van der Waals surface area contributed by atoms with E-state index in [0.717, 1.165) is 12.1 Å². The van der Waals surface area contributed by atoms with E-state index in [0.29, 0.717) is 0 Å². The number of hydrogen-bond donors (Lipinski definition) is 2. The summed E-state index contributed by atoms with van der Waals surface area (Å²) in [6.07, 6.45) is 1.72. The van der Waals surface area contributed by atoms with E-state index >= 15 is 0 Å². The average molecular weight is 443 g/mol. The van der Waals surface area contributed by atoms with Crippen molar-refractivity contribution in [2.24, 2.45) is 5.92 Å². The molecule has 8 nitrogen and oxygen atoms in total. The van der Waals surface area contributed by atoms with Crippen molar-refractivity contribution in [2.75, 3.05) is 13.1 Å². The fourth-order valence-electron chi connectivity index (χ4n) is 3.93. The lowest BCUT2D eigenvalue weighted by Crippen LogP contribution is -2.42. The maximum absolute atomic E-state index is 14.2. The highest BCUT2D eigenvalue weighted by Crippen LogP contribution is 2.20. The molecule has 0 radical (unpaired) electrons. The van der Waals surface area contributed by atoms with Crippen molar-refractivity contribution < 1.29 is 23.5 Å². The van der Waals surface area contributed by atoms with Gasteiger partial charge in [0.05, 0.1) is 18.0 Å². The van der Waals surface area contributed by atoms with Crippen LogP contribution in [0.25, 0.3) is 11.0 Å². The predicted octanol–water partition coefficient (Wildman–Crippen LogP) is 1.95. The molecule has 0 spiro atoms. The van der Waals surface area contributed by atoms with Gasteiger partial charge in [-0.05, 0) is 31.0 Å². The Kier molecular flexibility index (Phi) is 5.60. The molecule has 166 valence electrons. The fraction of sp³-hybridized carbons (Fsp3) is 0.273. The number of halogens is 2. The molecule has 2 N–H and O–H groups in total. The Bertz CT molecular complexity index is 1320. The molecule has 0 unspecified atom stereocenters. The van der Waals surface area contributed by atoms with Gasteiger partial charge < -0.3 is 19.6 Å². The maximum atomic E-state index is 14.2. The Hall–Kier alpha value is -3.82. The van der Waals surface area contributed by atoms with Crippen molar-refractivity contribution in [1.82, 2.24) is 14.5 Å². The first-order valence-electron chi connectivity index (χ1n) is 9.97. The monoisotopic (exact) mass is 443 g/mol. The molecule has 3 aromatic rings. The number of benzene rings is 1. The van der Waals surface area contributed by atoms with E-state index in [9.17, 15) is 28.0 Å². The van der Waals surface area contributed by atoms with Gasteiger partial charge in [-0.15, -0.1) is 0 Å². The first-order valence-corrected chi connectivity index (χ1v) is 9.97. The SMILES string of the molecule is O=C(O)C1CCN(C(=O)c2cn(Cc3c(F)cccc3F)c3ccc(=O)[nH]c3c2=O)CC1. The Morgan fingerprint density at radius 3 is 2.34 bits per heavy atom. The minimum atomic E-state index is -0.936. The molecule has 1 aromatic carbocycles. The number of rotatable bonds is 4. The summed E-state index contributed by atoms with van der Waals surface area (Å²) in [5.41, 5.74) is -1.76. The van der Waals surface area contributed by atoms with Crippen LogP contribution in [0.1, 0.15) is 28.8 Å². The number of hydrogen-bond acceptors (Lipinski definition) is 4. The van der Waals surface area contributed by atoms with Crippen molar-refractivity contribution >= 4 is 22.9 Å². The van der Waals surface area contributed by atoms with Crippen LogP contribution in [0, 0.1) is 17.6 Å². The lowest BCUT2D eigenvalue weighted by atomic mass is 9.96. The molecule has 1 amide bonds. The highest BCUT2D eigenvalue weighted by atomic mass is 19.1. The largest absolute Gasteiger partial charge is 0.481 e. The number of fused-ring (bicyclic) bond motifs is 1. The normalized spacial score (nSPS) is 14.6. The highest BCUT2D eigenvalue weighted by Gasteiger charge is 2.29. The molecule has 0 aliphatic carbocycles. The minimum Gasteiger partial charge on any atom is -0.481 e. The van der Waals surface area contributed by atoms with Gasteiger partial charge >= 0.3 is 5.97 Å². The summed E-state index contributed by atoms with van der Waals surface area (Å²) >= 11 is 0. The van der Waals surface area contributed by atoms with Gasteiger partial charge in [-0.25, -0.2) is 8.78 Å². The summed E-state index contributed by atoms with van der Waals surface area (Å²) in [7, 11) is 0. The number of aromatic amines is 1. The lowest BCUT2D eigenvalue weighted by Gasteiger charge is -2.30. The quantitative estimate of drug-likeness (QED) is 0.640. The first kappa shape index (κ1) is 21.4. The zero-order chi connectivity index (χ0) is 23.0. The Morgan fingerprint density at radius 2 is 1.72 bits per heavy atom. The highest BCUT2D eigenvalue weighted by molar-refractivity contribution is 5.96. The van der Waals surface area contributed by atoms with Crippen molar-refractivity contribution in [3.05, 3.63) is 79.9 Å². The topological polar surface area (TPSA) is 112 Å². The number of H-pyrrole nitrogens is 1. The summed E-state index contributed by atoms with van der Waals surface area (Å²) in [4.78, 5) is 52.8. The van der Waals surface area contributed by atoms with Gasteiger partial charge in [0.1, 0.15) is 22.7 Å². The van der Waals surface area contributed by atoms with Crippen LogP contribution in [0.2, 0.25) is 0 Å². The van der Waals surface area contributed by atoms with Gasteiger partial charge in [-0.2, -0.15) is 0 Å². The van der Waals surface area contributed by atoms with Crippen LogP contribution in [-0.2, 0) is 11.3 Å². The molecule has 1 fully saturated rings. The second kappa shape index (κ2) is 8.37. The zero-order valence-corrected chi connectivity index (χ0v) is 16.8. The molecule has 3 heterocycles. The molecular weight excluding hydrogens is 424 g/mol. The molecule has 0 bridgehead atoms. The number of aromatic nitrogens is 2. The molecular formula is C22H19F2N3O5. The van der Waals surface area contributed by atoms with Crippen LogP contribution in [0.15, 0.2) is 46.1 Å². The molecule has 32 heavy (non-hydrogen) atoms. The maximum Gasteiger partial charge on any atom is 0.306 e. The Labute approximate surface area is 179 Å². The number of carbonyl (C=O) groups is 2. The van der Waals surface area contributed by atoms with Crippen LogP contribution in [0.3, 0.4) is 0 Å². The number of carbonyl (C=O) groups excluding carboxylic acids is 1. The molecule has 10 heteroatoms. The number of aliphatic carboxylic acids is 1. The Morgan fingerprint density at radius 1 is 1.06 bits per heavy atom. The molecule has 1 aliphatic rings. The van der Waals surface area contributed by atoms with E-state index < -0.39 is 40.4 Å². The smallest absolute Gasteiger partial charge is 0.306 e. The van der Waals surface area contributed by atoms with E-state index in [1.807, 2.05) is 0 Å². The van der Waals surface area contributed by atoms with Crippen molar-refractivity contribution in [2.45, 2.75) is 19.4 Å². The molecule has 1 aliphatic heterocycles. The second-order valence-corrected chi connectivity index (χ2v) is 7.69. The van der Waals surface area contributed by atoms with Gasteiger partial charge in [0.2, 0.25) is 11.0 Å². The van der Waals surface area contributed by atoms with Gasteiger partial charge in [0.15, 0.2) is 0 Å². The number of likely N-dealkylation sites (tertiary alicyclic amines) is 1. The standard InChI is InChI=1S/C22H19F2N3O5/c23-15-2-1-3-16(24)13(15)10-27-11-14(20(29)19-17(27)4-5-18(28)25-19)21(30)26-8-6-12(7-9-26)22(31)32/h1-5,11-12H,6-10H2,(H,25,28)(H,31,32). The molecule has 4 rings (SSSR count). The van der Waals surface area contributed by atoms with Crippen LogP contribution >= 0.6 is 0 Å². The van der Waals surface area contributed by atoms with Crippen molar-refractivity contribution in [1.29, 1.82) is 0 Å². The van der Waals surface area contributed by atoms with E-state index in [1.54, 1.807) is 0 Å². The Balaban J connectivity index is 1.79. The van der Waals surface area contributed by atoms with Crippen LogP contribution in [0.4, 0.5) is 8.78 Å². The van der Waals surface area contributed by atoms with E-state index in [4.69, 9.17) is 5.11 Å². The second-order valence-electron chi connectivity index (χ2n) is 7.69. The number of pyridine rings is 2. The first-order chi connectivity index (χ1) is 15.3. The summed E-state index contributed by atoms with van der Waals surface area (Å²) in [5, 5.41) is 9.14. The number of carboxylic acid groups (broad SMARTS) is 1. The van der Waals surface area contributed by atoms with Gasteiger partial charge in [-0.3, -0.25) is 19.2 Å². The van der Waals surface area contributed by atoms with E-state index in [2.05, 4.69) is 4.98 Å². The lowest BCUT2D eigenvalue weighted by molar-refractivity contribution is -0.143. The van der Waals surface area contributed by atoms with Crippen LogP contribution < -0.4 is 11.0 Å². The fourth-order valence-corrected chi connectivity index (χ4v) is 3.93. The van der Waals surface area contributed by atoms with Crippen LogP contribution in [0.5, 0.6) is 0 Å². The summed E-state index contributed by atoms with van der Waals surface area (Å²) < 4.78 is 29.8. The average Bonchev–Trinajstić information content (AvgIpc) is 2.77. The van der Waals surface area contributed by atoms with Gasteiger partial charge in [-0.1, -0.05) is 6.07 Å². The van der Waals surface area contributed by atoms with E-state index in [-0.39, 0.29) is 54.6 Å². The number of amides is 1. The van der Waals surface area contributed by atoms with Crippen molar-refractivity contribution in [3.63, 3.8) is 0 Å².